The van der Waals surface area contributed by atoms with Gasteiger partial charge in [0.15, 0.2) is 0 Å². The number of halogens is 2. The van der Waals surface area contributed by atoms with E-state index in [4.69, 9.17) is 16.3 Å². The fourth-order valence-corrected chi connectivity index (χ4v) is 5.08. The summed E-state index contributed by atoms with van der Waals surface area (Å²) in [4.78, 5) is 15.3. The van der Waals surface area contributed by atoms with E-state index in [2.05, 4.69) is 34.5 Å². The van der Waals surface area contributed by atoms with Gasteiger partial charge in [0.05, 0.1) is 17.7 Å². The maximum Gasteiger partial charge on any atom is 0.253 e. The smallest absolute Gasteiger partial charge is 0.253 e. The number of nitrogens with one attached hydrogen (secondary N) is 1. The average Bonchev–Trinajstić information content (AvgIpc) is 2.77. The summed E-state index contributed by atoms with van der Waals surface area (Å²) in [6.07, 6.45) is 7.99. The molecule has 2 unspecified atom stereocenters. The molecule has 4 rings (SSSR count). The Morgan fingerprint density at radius 3 is 2.63 bits per heavy atom. The highest BCUT2D eigenvalue weighted by atomic mass is 35.5. The van der Waals surface area contributed by atoms with Crippen LogP contribution in [0.25, 0.3) is 0 Å². The van der Waals surface area contributed by atoms with Crippen molar-refractivity contribution in [2.75, 3.05) is 13.7 Å². The standard InChI is InChI=1S/C24H29ClN2O2.ClH/c1-29-22-10-5-8-20(23(22)25)24(28)26-16-17-11-13-18(14-12-17)21-9-4-7-19-6-2-3-15-27(19)21;/h5,8,10-14,19,21H,2-4,6-7,9,15-16H2,1H3,(H,26,28);1H. The molecular weight excluding hydrogens is 419 g/mol. The zero-order valence-corrected chi connectivity index (χ0v) is 19.0. The minimum absolute atomic E-state index is 0. The maximum atomic E-state index is 12.5. The summed E-state index contributed by atoms with van der Waals surface area (Å²) in [5, 5.41) is 3.31. The van der Waals surface area contributed by atoms with Gasteiger partial charge in [0, 0.05) is 18.6 Å². The second kappa shape index (κ2) is 10.5. The molecule has 0 bridgehead atoms. The SMILES string of the molecule is COc1cccc(C(=O)NCc2ccc(C3CCCC4CCCCN43)cc2)c1Cl.Cl. The molecule has 162 valence electrons. The van der Waals surface area contributed by atoms with Gasteiger partial charge in [-0.3, -0.25) is 9.69 Å². The molecule has 0 spiro atoms. The van der Waals surface area contributed by atoms with Crippen LogP contribution in [0, 0.1) is 0 Å². The summed E-state index contributed by atoms with van der Waals surface area (Å²) < 4.78 is 5.19. The summed E-state index contributed by atoms with van der Waals surface area (Å²) in [5.41, 5.74) is 2.93. The van der Waals surface area contributed by atoms with E-state index in [1.807, 2.05) is 0 Å². The van der Waals surface area contributed by atoms with E-state index >= 15 is 0 Å². The topological polar surface area (TPSA) is 41.6 Å². The lowest BCUT2D eigenvalue weighted by atomic mass is 9.86. The van der Waals surface area contributed by atoms with Crippen molar-refractivity contribution < 1.29 is 9.53 Å². The van der Waals surface area contributed by atoms with Gasteiger partial charge in [-0.25, -0.2) is 0 Å². The van der Waals surface area contributed by atoms with Crippen LogP contribution in [0.5, 0.6) is 5.75 Å². The molecule has 0 radical (unpaired) electrons. The molecule has 0 aromatic heterocycles. The highest BCUT2D eigenvalue weighted by Gasteiger charge is 2.32. The fourth-order valence-electron chi connectivity index (χ4n) is 4.79. The van der Waals surface area contributed by atoms with E-state index in [-0.39, 0.29) is 18.3 Å². The van der Waals surface area contributed by atoms with Crippen LogP contribution < -0.4 is 10.1 Å². The Hall–Kier alpha value is -1.75. The van der Waals surface area contributed by atoms with Crippen molar-refractivity contribution in [3.63, 3.8) is 0 Å². The number of methoxy groups -OCH3 is 1. The molecule has 6 heteroatoms. The van der Waals surface area contributed by atoms with Crippen LogP contribution in [0.3, 0.4) is 0 Å². The lowest BCUT2D eigenvalue weighted by molar-refractivity contribution is 0.0518. The lowest BCUT2D eigenvalue weighted by Gasteiger charge is -2.45. The van der Waals surface area contributed by atoms with Gasteiger partial charge in [-0.05, 0) is 61.9 Å². The molecule has 0 aliphatic carbocycles. The van der Waals surface area contributed by atoms with Gasteiger partial charge in [0.25, 0.3) is 5.91 Å². The van der Waals surface area contributed by atoms with Gasteiger partial charge in [-0.2, -0.15) is 0 Å². The number of hydrogen-bond acceptors (Lipinski definition) is 3. The van der Waals surface area contributed by atoms with Crippen LogP contribution in [0.2, 0.25) is 5.02 Å². The quantitative estimate of drug-likeness (QED) is 0.629. The molecule has 2 aliphatic heterocycles. The second-order valence-electron chi connectivity index (χ2n) is 8.08. The fraction of sp³-hybridized carbons (Fsp3) is 0.458. The van der Waals surface area contributed by atoms with Gasteiger partial charge in [0.2, 0.25) is 0 Å². The molecular formula is C24H30Cl2N2O2. The summed E-state index contributed by atoms with van der Waals surface area (Å²) in [6, 6.07) is 15.3. The van der Waals surface area contributed by atoms with Gasteiger partial charge in [0.1, 0.15) is 5.75 Å². The Balaban J connectivity index is 0.00000256. The molecule has 4 nitrogen and oxygen atoms in total. The zero-order chi connectivity index (χ0) is 20.2. The number of amides is 1. The average molecular weight is 449 g/mol. The van der Waals surface area contributed by atoms with Crippen molar-refractivity contribution in [3.8, 4) is 5.75 Å². The van der Waals surface area contributed by atoms with E-state index < -0.39 is 0 Å². The molecule has 1 amide bonds. The summed E-state index contributed by atoms with van der Waals surface area (Å²) in [5.74, 6) is 0.314. The third-order valence-electron chi connectivity index (χ3n) is 6.33. The predicted molar refractivity (Wildman–Crippen MR) is 124 cm³/mol. The minimum atomic E-state index is -0.193. The zero-order valence-electron chi connectivity index (χ0n) is 17.4. The Morgan fingerprint density at radius 2 is 1.87 bits per heavy atom. The number of benzene rings is 2. The first-order valence-electron chi connectivity index (χ1n) is 10.6. The van der Waals surface area contributed by atoms with Crippen molar-refractivity contribution in [1.82, 2.24) is 10.2 Å². The van der Waals surface area contributed by atoms with Crippen LogP contribution in [0.4, 0.5) is 0 Å². The molecule has 2 atom stereocenters. The number of ether oxygens (including phenoxy) is 1. The third-order valence-corrected chi connectivity index (χ3v) is 6.72. The molecule has 0 saturated carbocycles. The van der Waals surface area contributed by atoms with Gasteiger partial charge in [-0.15, -0.1) is 12.4 Å². The molecule has 2 fully saturated rings. The number of carbonyl (C=O) groups excluding carboxylic acids is 1. The van der Waals surface area contributed by atoms with E-state index in [1.165, 1.54) is 50.6 Å². The first-order chi connectivity index (χ1) is 14.2. The number of carbonyl (C=O) groups is 1. The summed E-state index contributed by atoms with van der Waals surface area (Å²) >= 11 is 6.26. The van der Waals surface area contributed by atoms with Crippen molar-refractivity contribution >= 4 is 29.9 Å². The highest BCUT2D eigenvalue weighted by molar-refractivity contribution is 6.35. The Labute approximate surface area is 190 Å². The van der Waals surface area contributed by atoms with E-state index in [0.717, 1.165) is 11.6 Å². The van der Waals surface area contributed by atoms with Crippen LogP contribution in [-0.4, -0.2) is 30.5 Å². The van der Waals surface area contributed by atoms with E-state index in [1.54, 1.807) is 25.3 Å². The number of rotatable bonds is 5. The summed E-state index contributed by atoms with van der Waals surface area (Å²) in [7, 11) is 1.54. The van der Waals surface area contributed by atoms with Crippen molar-refractivity contribution in [3.05, 3.63) is 64.2 Å². The lowest BCUT2D eigenvalue weighted by Crippen LogP contribution is -2.44. The van der Waals surface area contributed by atoms with Crippen LogP contribution >= 0.6 is 24.0 Å². The van der Waals surface area contributed by atoms with Gasteiger partial charge >= 0.3 is 0 Å². The Bertz CT molecular complexity index is 855. The molecule has 2 aliphatic rings. The monoisotopic (exact) mass is 448 g/mol. The van der Waals surface area contributed by atoms with Crippen molar-refractivity contribution in [2.24, 2.45) is 0 Å². The molecule has 2 aromatic carbocycles. The molecule has 2 heterocycles. The Kier molecular flexibility index (Phi) is 8.04. The first kappa shape index (κ1) is 22.9. The summed E-state index contributed by atoms with van der Waals surface area (Å²) in [6.45, 7) is 1.71. The van der Waals surface area contributed by atoms with Gasteiger partial charge in [-0.1, -0.05) is 48.4 Å². The van der Waals surface area contributed by atoms with Crippen LogP contribution in [-0.2, 0) is 6.54 Å². The maximum absolute atomic E-state index is 12.5. The first-order valence-corrected chi connectivity index (χ1v) is 11.0. The number of nitrogens with zero attached hydrogens (tertiary/aromatic N) is 1. The number of hydrogen-bond donors (Lipinski definition) is 1. The largest absolute Gasteiger partial charge is 0.495 e. The number of fused-ring (bicyclic) bond motifs is 1. The van der Waals surface area contributed by atoms with Crippen LogP contribution in [0.15, 0.2) is 42.5 Å². The van der Waals surface area contributed by atoms with Crippen molar-refractivity contribution in [2.45, 2.75) is 57.2 Å². The highest BCUT2D eigenvalue weighted by Crippen LogP contribution is 2.38. The normalized spacial score (nSPS) is 21.3. The van der Waals surface area contributed by atoms with E-state index in [9.17, 15) is 4.79 Å². The number of piperidine rings is 2. The molecule has 2 saturated heterocycles. The minimum Gasteiger partial charge on any atom is -0.495 e. The molecule has 1 N–H and O–H groups in total. The second-order valence-corrected chi connectivity index (χ2v) is 8.46. The van der Waals surface area contributed by atoms with Gasteiger partial charge < -0.3 is 10.1 Å². The third kappa shape index (κ3) is 4.93. The van der Waals surface area contributed by atoms with Crippen molar-refractivity contribution in [1.29, 1.82) is 0 Å². The predicted octanol–water partition coefficient (Wildman–Crippen LogP) is 5.78. The Morgan fingerprint density at radius 1 is 1.10 bits per heavy atom. The molecule has 30 heavy (non-hydrogen) atoms. The molecule has 2 aromatic rings. The van der Waals surface area contributed by atoms with E-state index in [0.29, 0.717) is 28.9 Å². The van der Waals surface area contributed by atoms with Crippen LogP contribution in [0.1, 0.15) is 66.1 Å².